The molecule has 0 aromatic heterocycles. The molecule has 25 heavy (non-hydrogen) atoms. The Morgan fingerprint density at radius 1 is 1.16 bits per heavy atom. The minimum absolute atomic E-state index is 0.0392. The van der Waals surface area contributed by atoms with Crippen LogP contribution in [0.4, 0.5) is 0 Å². The van der Waals surface area contributed by atoms with Gasteiger partial charge in [0.25, 0.3) is 0 Å². The van der Waals surface area contributed by atoms with E-state index in [0.717, 1.165) is 13.0 Å². The summed E-state index contributed by atoms with van der Waals surface area (Å²) in [5.41, 5.74) is 0. The van der Waals surface area contributed by atoms with E-state index in [4.69, 9.17) is 4.74 Å². The molecule has 2 aliphatic rings. The van der Waals surface area contributed by atoms with Gasteiger partial charge in [-0.25, -0.2) is 0 Å². The molecule has 8 heteroatoms. The molecule has 8 nitrogen and oxygen atoms in total. The predicted molar refractivity (Wildman–Crippen MR) is 92.9 cm³/mol. The van der Waals surface area contributed by atoms with E-state index in [2.05, 4.69) is 0 Å². The lowest BCUT2D eigenvalue weighted by atomic mass is 10.1. The summed E-state index contributed by atoms with van der Waals surface area (Å²) in [5.74, 6) is -0.188. The number of rotatable bonds is 6. The number of likely N-dealkylation sites (tertiary alicyclic amines) is 1. The standard InChI is InChI=1S/C17H30N4O4/c1-18(2)7-8-21-12-14(11-15(21)22)17(24)20-6-4-5-19(9-10-20)16(23)13-25-3/h14H,4-13H2,1-3H3. The minimum atomic E-state index is -0.254. The molecule has 2 heterocycles. The molecule has 0 aliphatic carbocycles. The summed E-state index contributed by atoms with van der Waals surface area (Å²) in [6.07, 6.45) is 1.06. The van der Waals surface area contributed by atoms with Gasteiger partial charge in [-0.3, -0.25) is 14.4 Å². The first kappa shape index (κ1) is 19.7. The molecular weight excluding hydrogens is 324 g/mol. The zero-order valence-electron chi connectivity index (χ0n) is 15.6. The molecule has 0 N–H and O–H groups in total. The van der Waals surface area contributed by atoms with Gasteiger partial charge >= 0.3 is 0 Å². The van der Waals surface area contributed by atoms with E-state index in [1.54, 1.807) is 9.80 Å². The maximum atomic E-state index is 12.8. The lowest BCUT2D eigenvalue weighted by molar-refractivity contribution is -0.137. The highest BCUT2D eigenvalue weighted by atomic mass is 16.5. The average molecular weight is 354 g/mol. The quantitative estimate of drug-likeness (QED) is 0.618. The Morgan fingerprint density at radius 3 is 2.52 bits per heavy atom. The van der Waals surface area contributed by atoms with E-state index in [1.165, 1.54) is 7.11 Å². The number of carbonyl (C=O) groups excluding carboxylic acids is 3. The molecular formula is C17H30N4O4. The Hall–Kier alpha value is -1.67. The first-order valence-corrected chi connectivity index (χ1v) is 8.90. The number of hydrogen-bond acceptors (Lipinski definition) is 5. The lowest BCUT2D eigenvalue weighted by Gasteiger charge is -2.25. The molecule has 1 unspecified atom stereocenters. The molecule has 0 aromatic carbocycles. The molecule has 3 amide bonds. The highest BCUT2D eigenvalue weighted by Crippen LogP contribution is 2.21. The largest absolute Gasteiger partial charge is 0.375 e. The molecule has 0 bridgehead atoms. The van der Waals surface area contributed by atoms with Crippen molar-refractivity contribution in [1.82, 2.24) is 19.6 Å². The fourth-order valence-corrected chi connectivity index (χ4v) is 3.33. The third-order valence-corrected chi connectivity index (χ3v) is 4.81. The number of ether oxygens (including phenoxy) is 1. The van der Waals surface area contributed by atoms with Crippen LogP contribution in [0, 0.1) is 5.92 Å². The van der Waals surface area contributed by atoms with Crippen LogP contribution in [0.1, 0.15) is 12.8 Å². The first-order valence-electron chi connectivity index (χ1n) is 8.90. The van der Waals surface area contributed by atoms with Crippen LogP contribution in [0.2, 0.25) is 0 Å². The van der Waals surface area contributed by atoms with Crippen LogP contribution in [-0.4, -0.2) is 111 Å². The Labute approximate surface area is 149 Å². The van der Waals surface area contributed by atoms with Gasteiger partial charge in [-0.05, 0) is 20.5 Å². The van der Waals surface area contributed by atoms with E-state index in [1.807, 2.05) is 23.9 Å². The van der Waals surface area contributed by atoms with Crippen LogP contribution < -0.4 is 0 Å². The minimum Gasteiger partial charge on any atom is -0.375 e. The molecule has 2 rings (SSSR count). The van der Waals surface area contributed by atoms with Gasteiger partial charge < -0.3 is 24.3 Å². The number of likely N-dealkylation sites (N-methyl/N-ethyl adjacent to an activating group) is 1. The Kier molecular flexibility index (Phi) is 7.19. The van der Waals surface area contributed by atoms with Crippen molar-refractivity contribution in [2.75, 3.05) is 73.6 Å². The molecule has 0 aromatic rings. The van der Waals surface area contributed by atoms with Crippen LogP contribution in [0.25, 0.3) is 0 Å². The molecule has 1 atom stereocenters. The maximum absolute atomic E-state index is 12.8. The summed E-state index contributed by atoms with van der Waals surface area (Å²) in [4.78, 5) is 44.2. The number of nitrogens with zero attached hydrogens (tertiary/aromatic N) is 4. The number of methoxy groups -OCH3 is 1. The van der Waals surface area contributed by atoms with Crippen molar-refractivity contribution >= 4 is 17.7 Å². The molecule has 0 radical (unpaired) electrons. The Balaban J connectivity index is 1.86. The van der Waals surface area contributed by atoms with Crippen molar-refractivity contribution < 1.29 is 19.1 Å². The second-order valence-corrected chi connectivity index (χ2v) is 7.04. The fourth-order valence-electron chi connectivity index (χ4n) is 3.33. The van der Waals surface area contributed by atoms with Crippen LogP contribution >= 0.6 is 0 Å². The molecule has 0 spiro atoms. The van der Waals surface area contributed by atoms with E-state index in [0.29, 0.717) is 45.7 Å². The molecule has 2 fully saturated rings. The fraction of sp³-hybridized carbons (Fsp3) is 0.824. The zero-order chi connectivity index (χ0) is 18.4. The first-order chi connectivity index (χ1) is 11.9. The monoisotopic (exact) mass is 354 g/mol. The number of carbonyl (C=O) groups is 3. The Morgan fingerprint density at radius 2 is 1.84 bits per heavy atom. The lowest BCUT2D eigenvalue weighted by Crippen LogP contribution is -2.41. The normalized spacial score (nSPS) is 21.8. The van der Waals surface area contributed by atoms with Crippen LogP contribution in [-0.2, 0) is 19.1 Å². The van der Waals surface area contributed by atoms with Crippen molar-refractivity contribution in [2.24, 2.45) is 5.92 Å². The smallest absolute Gasteiger partial charge is 0.248 e. The third-order valence-electron chi connectivity index (χ3n) is 4.81. The number of hydrogen-bond donors (Lipinski definition) is 0. The van der Waals surface area contributed by atoms with Gasteiger partial charge in [-0.1, -0.05) is 0 Å². The van der Waals surface area contributed by atoms with E-state index >= 15 is 0 Å². The summed E-state index contributed by atoms with van der Waals surface area (Å²) in [5, 5.41) is 0. The van der Waals surface area contributed by atoms with Gasteiger partial charge in [0.05, 0.1) is 5.92 Å². The van der Waals surface area contributed by atoms with Gasteiger partial charge in [0.15, 0.2) is 0 Å². The molecule has 2 aliphatic heterocycles. The van der Waals surface area contributed by atoms with Crippen molar-refractivity contribution in [3.63, 3.8) is 0 Å². The average Bonchev–Trinajstić information content (AvgIpc) is 2.78. The maximum Gasteiger partial charge on any atom is 0.248 e. The highest BCUT2D eigenvalue weighted by Gasteiger charge is 2.36. The second kappa shape index (κ2) is 9.15. The molecule has 2 saturated heterocycles. The van der Waals surface area contributed by atoms with E-state index in [-0.39, 0.29) is 30.2 Å². The summed E-state index contributed by atoms with van der Waals surface area (Å²) >= 11 is 0. The number of amides is 3. The van der Waals surface area contributed by atoms with Crippen LogP contribution in [0.3, 0.4) is 0 Å². The summed E-state index contributed by atoms with van der Waals surface area (Å²) in [6, 6.07) is 0. The second-order valence-electron chi connectivity index (χ2n) is 7.04. The topological polar surface area (TPSA) is 73.4 Å². The highest BCUT2D eigenvalue weighted by molar-refractivity contribution is 5.89. The van der Waals surface area contributed by atoms with Crippen molar-refractivity contribution in [3.05, 3.63) is 0 Å². The van der Waals surface area contributed by atoms with Gasteiger partial charge in [0, 0.05) is 59.3 Å². The summed E-state index contributed by atoms with van der Waals surface area (Å²) < 4.78 is 4.90. The third kappa shape index (κ3) is 5.40. The van der Waals surface area contributed by atoms with Gasteiger partial charge in [0.2, 0.25) is 17.7 Å². The van der Waals surface area contributed by atoms with Crippen LogP contribution in [0.15, 0.2) is 0 Å². The van der Waals surface area contributed by atoms with Crippen LogP contribution in [0.5, 0.6) is 0 Å². The van der Waals surface area contributed by atoms with Gasteiger partial charge in [-0.2, -0.15) is 0 Å². The molecule has 142 valence electrons. The molecule has 0 saturated carbocycles. The summed E-state index contributed by atoms with van der Waals surface area (Å²) in [7, 11) is 5.44. The Bertz CT molecular complexity index is 497. The van der Waals surface area contributed by atoms with Gasteiger partial charge in [-0.15, -0.1) is 0 Å². The van der Waals surface area contributed by atoms with Crippen molar-refractivity contribution in [1.29, 1.82) is 0 Å². The summed E-state index contributed by atoms with van der Waals surface area (Å²) in [6.45, 7) is 4.38. The van der Waals surface area contributed by atoms with E-state index in [9.17, 15) is 14.4 Å². The predicted octanol–water partition coefficient (Wildman–Crippen LogP) is -0.896. The van der Waals surface area contributed by atoms with E-state index < -0.39 is 0 Å². The SMILES string of the molecule is COCC(=O)N1CCCN(C(=O)C2CC(=O)N(CCN(C)C)C2)CC1. The van der Waals surface area contributed by atoms with Crippen molar-refractivity contribution in [2.45, 2.75) is 12.8 Å². The zero-order valence-corrected chi connectivity index (χ0v) is 15.6. The van der Waals surface area contributed by atoms with Crippen molar-refractivity contribution in [3.8, 4) is 0 Å². The van der Waals surface area contributed by atoms with Gasteiger partial charge in [0.1, 0.15) is 6.61 Å².